The van der Waals surface area contributed by atoms with Crippen LogP contribution in [0.5, 0.6) is 0 Å². The zero-order chi connectivity index (χ0) is 16.4. The Morgan fingerprint density at radius 1 is 1.43 bits per heavy atom. The molecule has 1 aromatic rings. The third-order valence-electron chi connectivity index (χ3n) is 4.41. The van der Waals surface area contributed by atoms with E-state index in [1.165, 1.54) is 0 Å². The molecule has 0 saturated carbocycles. The molecule has 1 aromatic heterocycles. The maximum Gasteiger partial charge on any atom is 0.277 e. The van der Waals surface area contributed by atoms with Gasteiger partial charge < -0.3 is 29.5 Å². The zero-order valence-corrected chi connectivity index (χ0v) is 13.2. The van der Waals surface area contributed by atoms with E-state index < -0.39 is 18.1 Å². The van der Waals surface area contributed by atoms with Gasteiger partial charge in [0.15, 0.2) is 17.7 Å². The number of ether oxygens (including phenoxy) is 3. The number of imidazole rings is 1. The normalized spacial score (nSPS) is 35.1. The van der Waals surface area contributed by atoms with Gasteiger partial charge in [-0.3, -0.25) is 9.36 Å². The second-order valence-corrected chi connectivity index (χ2v) is 6.50. The van der Waals surface area contributed by atoms with Crippen molar-refractivity contribution >= 4 is 11.7 Å². The molecule has 23 heavy (non-hydrogen) atoms. The van der Waals surface area contributed by atoms with Crippen molar-refractivity contribution in [2.75, 3.05) is 25.6 Å². The van der Waals surface area contributed by atoms with Gasteiger partial charge in [0.1, 0.15) is 24.1 Å². The van der Waals surface area contributed by atoms with E-state index in [-0.39, 0.29) is 24.7 Å². The second-order valence-electron chi connectivity index (χ2n) is 6.50. The number of hydrogen-bond donors (Lipinski definition) is 2. The van der Waals surface area contributed by atoms with E-state index in [0.717, 1.165) is 0 Å². The van der Waals surface area contributed by atoms with Gasteiger partial charge in [-0.05, 0) is 13.8 Å². The Bertz CT molecular complexity index is 645. The van der Waals surface area contributed by atoms with E-state index in [1.807, 2.05) is 13.8 Å². The molecule has 9 heteroatoms. The topological polar surface area (TPSA) is 98.1 Å². The van der Waals surface area contributed by atoms with Crippen LogP contribution in [0.15, 0.2) is 6.33 Å². The van der Waals surface area contributed by atoms with Gasteiger partial charge in [-0.25, -0.2) is 4.98 Å². The molecule has 1 amide bonds. The Balaban J connectivity index is 1.69. The second kappa shape index (κ2) is 4.91. The van der Waals surface area contributed by atoms with E-state index >= 15 is 0 Å². The van der Waals surface area contributed by atoms with Crippen LogP contribution in [-0.2, 0) is 14.2 Å². The molecule has 3 aliphatic heterocycles. The van der Waals surface area contributed by atoms with E-state index in [4.69, 9.17) is 14.2 Å². The van der Waals surface area contributed by atoms with Gasteiger partial charge in [-0.15, -0.1) is 0 Å². The summed E-state index contributed by atoms with van der Waals surface area (Å²) in [4.78, 5) is 17.9. The maximum atomic E-state index is 12.2. The maximum absolute atomic E-state index is 12.2. The van der Waals surface area contributed by atoms with Crippen molar-refractivity contribution in [3.63, 3.8) is 0 Å². The van der Waals surface area contributed by atoms with Crippen LogP contribution in [0.1, 0.15) is 30.6 Å². The lowest BCUT2D eigenvalue weighted by molar-refractivity contribution is -0.199. The molecule has 2 saturated heterocycles. The highest BCUT2D eigenvalue weighted by Gasteiger charge is 2.56. The van der Waals surface area contributed by atoms with Crippen molar-refractivity contribution < 1.29 is 24.1 Å². The Kier molecular flexibility index (Phi) is 3.17. The summed E-state index contributed by atoms with van der Waals surface area (Å²) in [7, 11) is 1.71. The standard InChI is InChI=1S/C14H20N4O5/c1-14(2)22-9-7(4-19)21-13(10(9)23-14)18-6-15-8-11(18)16-5-17(3)12(8)20/h6-7,9-10,13,16,19H,4-5H2,1-3H3/t7-,9-,10-,13-/m1/s1. The Morgan fingerprint density at radius 2 is 2.17 bits per heavy atom. The van der Waals surface area contributed by atoms with E-state index in [1.54, 1.807) is 22.8 Å². The minimum absolute atomic E-state index is 0.144. The Hall–Kier alpha value is -1.68. The number of rotatable bonds is 2. The number of amides is 1. The monoisotopic (exact) mass is 324 g/mol. The third kappa shape index (κ3) is 2.15. The molecule has 0 aliphatic carbocycles. The van der Waals surface area contributed by atoms with E-state index in [9.17, 15) is 9.90 Å². The van der Waals surface area contributed by atoms with Crippen molar-refractivity contribution in [3.8, 4) is 0 Å². The summed E-state index contributed by atoms with van der Waals surface area (Å²) in [5.41, 5.74) is 0.351. The van der Waals surface area contributed by atoms with Crippen LogP contribution in [0, 0.1) is 0 Å². The number of anilines is 1. The number of aliphatic hydroxyl groups excluding tert-OH is 1. The van der Waals surface area contributed by atoms with Gasteiger partial charge >= 0.3 is 0 Å². The van der Waals surface area contributed by atoms with Gasteiger partial charge in [0, 0.05) is 7.05 Å². The quantitative estimate of drug-likeness (QED) is 0.774. The summed E-state index contributed by atoms with van der Waals surface area (Å²) in [6.45, 7) is 3.89. The number of aromatic nitrogens is 2. The van der Waals surface area contributed by atoms with Crippen LogP contribution in [0.3, 0.4) is 0 Å². The van der Waals surface area contributed by atoms with Gasteiger partial charge in [-0.1, -0.05) is 0 Å². The predicted octanol–water partition coefficient (Wildman–Crippen LogP) is -0.252. The van der Waals surface area contributed by atoms with Crippen LogP contribution in [0.2, 0.25) is 0 Å². The van der Waals surface area contributed by atoms with Crippen molar-refractivity contribution in [3.05, 3.63) is 12.0 Å². The number of aliphatic hydroxyl groups is 1. The molecule has 4 rings (SSSR count). The number of nitrogens with zero attached hydrogens (tertiary/aromatic N) is 3. The van der Waals surface area contributed by atoms with E-state index in [0.29, 0.717) is 18.2 Å². The van der Waals surface area contributed by atoms with E-state index in [2.05, 4.69) is 10.3 Å². The average molecular weight is 324 g/mol. The molecular weight excluding hydrogens is 304 g/mol. The molecule has 2 N–H and O–H groups in total. The van der Waals surface area contributed by atoms with Crippen LogP contribution < -0.4 is 5.32 Å². The fourth-order valence-corrected chi connectivity index (χ4v) is 3.36. The lowest BCUT2D eigenvalue weighted by Crippen LogP contribution is -2.38. The summed E-state index contributed by atoms with van der Waals surface area (Å²) in [5, 5.41) is 12.7. The smallest absolute Gasteiger partial charge is 0.277 e. The highest BCUT2D eigenvalue weighted by Crippen LogP contribution is 2.44. The molecule has 2 fully saturated rings. The van der Waals surface area contributed by atoms with Crippen molar-refractivity contribution in [2.24, 2.45) is 0 Å². The van der Waals surface area contributed by atoms with Crippen molar-refractivity contribution in [1.29, 1.82) is 0 Å². The molecule has 0 aromatic carbocycles. The highest BCUT2D eigenvalue weighted by atomic mass is 16.8. The molecule has 0 bridgehead atoms. The van der Waals surface area contributed by atoms with Crippen LogP contribution in [-0.4, -0.2) is 69.9 Å². The van der Waals surface area contributed by atoms with Crippen LogP contribution in [0.4, 0.5) is 5.82 Å². The molecular formula is C14H20N4O5. The fourth-order valence-electron chi connectivity index (χ4n) is 3.36. The zero-order valence-electron chi connectivity index (χ0n) is 13.2. The number of carbonyl (C=O) groups is 1. The third-order valence-corrected chi connectivity index (χ3v) is 4.41. The molecule has 4 heterocycles. The molecule has 3 aliphatic rings. The fraction of sp³-hybridized carbons (Fsp3) is 0.714. The summed E-state index contributed by atoms with van der Waals surface area (Å²) in [6.07, 6.45) is -0.173. The SMILES string of the molecule is CN1CNc2c(ncn2[C@@H]2O[C@H](CO)[C@H]3OC(C)(C)O[C@H]32)C1=O. The Morgan fingerprint density at radius 3 is 2.91 bits per heavy atom. The minimum Gasteiger partial charge on any atom is -0.394 e. The van der Waals surface area contributed by atoms with Gasteiger partial charge in [0.05, 0.1) is 19.6 Å². The molecule has 4 atom stereocenters. The van der Waals surface area contributed by atoms with Crippen LogP contribution >= 0.6 is 0 Å². The van der Waals surface area contributed by atoms with Crippen molar-refractivity contribution in [2.45, 2.75) is 44.2 Å². The number of hydrogen-bond acceptors (Lipinski definition) is 7. The number of nitrogens with one attached hydrogen (secondary N) is 1. The average Bonchev–Trinajstić information content (AvgIpc) is 3.13. The molecule has 9 nitrogen and oxygen atoms in total. The van der Waals surface area contributed by atoms with Gasteiger partial charge in [-0.2, -0.15) is 0 Å². The largest absolute Gasteiger partial charge is 0.394 e. The number of fused-ring (bicyclic) bond motifs is 2. The summed E-state index contributed by atoms with van der Waals surface area (Å²) in [6, 6.07) is 0. The number of carbonyl (C=O) groups excluding carboxylic acids is 1. The van der Waals surface area contributed by atoms with Gasteiger partial charge in [0.2, 0.25) is 0 Å². The lowest BCUT2D eigenvalue weighted by Gasteiger charge is -2.28. The highest BCUT2D eigenvalue weighted by molar-refractivity contribution is 5.98. The van der Waals surface area contributed by atoms with Crippen LogP contribution in [0.25, 0.3) is 0 Å². The first-order chi connectivity index (χ1) is 10.9. The first-order valence-corrected chi connectivity index (χ1v) is 7.59. The Labute approximate surface area is 133 Å². The lowest BCUT2D eigenvalue weighted by atomic mass is 10.1. The molecule has 0 spiro atoms. The minimum atomic E-state index is -0.741. The summed E-state index contributed by atoms with van der Waals surface area (Å²) >= 11 is 0. The predicted molar refractivity (Wildman–Crippen MR) is 77.6 cm³/mol. The van der Waals surface area contributed by atoms with Gasteiger partial charge in [0.25, 0.3) is 5.91 Å². The first-order valence-electron chi connectivity index (χ1n) is 7.59. The molecule has 126 valence electrons. The molecule has 0 unspecified atom stereocenters. The summed E-state index contributed by atoms with van der Waals surface area (Å²) < 4.78 is 19.5. The van der Waals surface area contributed by atoms with Crippen molar-refractivity contribution in [1.82, 2.24) is 14.5 Å². The summed E-state index contributed by atoms with van der Waals surface area (Å²) in [5.74, 6) is -0.284. The molecule has 0 radical (unpaired) electrons. The first kappa shape index (κ1) is 14.9.